The highest BCUT2D eigenvalue weighted by molar-refractivity contribution is 5.94. The first-order valence-corrected chi connectivity index (χ1v) is 10.4. The first-order chi connectivity index (χ1) is 15.9. The van der Waals surface area contributed by atoms with Crippen molar-refractivity contribution in [3.05, 3.63) is 69.8 Å². The summed E-state index contributed by atoms with van der Waals surface area (Å²) < 4.78 is 24.1. The molecule has 2 aromatic heterocycles. The number of fused-ring (bicyclic) bond motifs is 3. The number of methoxy groups -OCH3 is 2. The fourth-order valence-electron chi connectivity index (χ4n) is 4.37. The van der Waals surface area contributed by atoms with Gasteiger partial charge in [-0.15, -0.1) is 0 Å². The summed E-state index contributed by atoms with van der Waals surface area (Å²) >= 11 is 0. The Hall–Kier alpha value is -4.07. The molecule has 2 aromatic carbocycles. The molecule has 0 saturated heterocycles. The zero-order valence-corrected chi connectivity index (χ0v) is 18.7. The molecule has 0 saturated carbocycles. The van der Waals surface area contributed by atoms with Crippen molar-refractivity contribution in [1.29, 1.82) is 0 Å². The first kappa shape index (κ1) is 20.8. The molecule has 5 rings (SSSR count). The third-order valence-corrected chi connectivity index (χ3v) is 6.22. The summed E-state index contributed by atoms with van der Waals surface area (Å²) in [5.74, 6) is 0.563. The predicted molar refractivity (Wildman–Crippen MR) is 121 cm³/mol. The minimum Gasteiger partial charge on any atom is -0.497 e. The van der Waals surface area contributed by atoms with Crippen molar-refractivity contribution < 1.29 is 23.4 Å². The number of benzene rings is 2. The van der Waals surface area contributed by atoms with Gasteiger partial charge in [-0.05, 0) is 24.6 Å². The van der Waals surface area contributed by atoms with Gasteiger partial charge in [0.25, 0.3) is 0 Å². The van der Waals surface area contributed by atoms with Gasteiger partial charge in [0, 0.05) is 35.9 Å². The molecule has 1 aliphatic rings. The van der Waals surface area contributed by atoms with Gasteiger partial charge >= 0.3 is 5.97 Å². The first-order valence-electron chi connectivity index (χ1n) is 10.4. The molecule has 0 spiro atoms. The Morgan fingerprint density at radius 1 is 1.12 bits per heavy atom. The fourth-order valence-corrected chi connectivity index (χ4v) is 4.37. The van der Waals surface area contributed by atoms with Gasteiger partial charge in [-0.1, -0.05) is 12.1 Å². The number of esters is 1. The molecule has 0 aliphatic carbocycles. The van der Waals surface area contributed by atoms with E-state index >= 15 is 0 Å². The minimum atomic E-state index is -0.366. The van der Waals surface area contributed by atoms with E-state index in [0.29, 0.717) is 39.2 Å². The van der Waals surface area contributed by atoms with Crippen molar-refractivity contribution in [2.45, 2.75) is 19.3 Å². The second-order valence-electron chi connectivity index (χ2n) is 7.94. The number of aryl methyl sites for hydroxylation is 1. The lowest BCUT2D eigenvalue weighted by Gasteiger charge is -2.26. The van der Waals surface area contributed by atoms with Crippen LogP contribution in [0.1, 0.15) is 29.2 Å². The van der Waals surface area contributed by atoms with Gasteiger partial charge in [0.2, 0.25) is 5.43 Å². The molecular formula is C25H22N2O6. The van der Waals surface area contributed by atoms with E-state index in [1.165, 1.54) is 13.4 Å². The zero-order valence-electron chi connectivity index (χ0n) is 18.7. The van der Waals surface area contributed by atoms with Crippen molar-refractivity contribution in [2.24, 2.45) is 7.05 Å². The van der Waals surface area contributed by atoms with E-state index in [9.17, 15) is 9.59 Å². The molecular weight excluding hydrogens is 424 g/mol. The summed E-state index contributed by atoms with van der Waals surface area (Å²) in [6.07, 6.45) is 3.29. The van der Waals surface area contributed by atoms with E-state index in [1.54, 1.807) is 48.3 Å². The van der Waals surface area contributed by atoms with Crippen LogP contribution < -0.4 is 19.6 Å². The Morgan fingerprint density at radius 2 is 1.88 bits per heavy atom. The van der Waals surface area contributed by atoms with Crippen LogP contribution in [-0.4, -0.2) is 30.0 Å². The number of aromatic nitrogens is 2. The third kappa shape index (κ3) is 3.26. The number of nitrogens with zero attached hydrogens (tertiary/aromatic N) is 2. The topological polar surface area (TPSA) is 92.8 Å². The lowest BCUT2D eigenvalue weighted by Crippen LogP contribution is -2.22. The number of hydrogen-bond donors (Lipinski definition) is 0. The number of carbonyl (C=O) groups is 1. The molecule has 8 heteroatoms. The highest BCUT2D eigenvalue weighted by Gasteiger charge is 2.35. The fraction of sp³-hybridized carbons (Fsp3) is 0.240. The summed E-state index contributed by atoms with van der Waals surface area (Å²) in [5.41, 5.74) is 3.63. The van der Waals surface area contributed by atoms with Crippen molar-refractivity contribution in [1.82, 2.24) is 9.78 Å². The van der Waals surface area contributed by atoms with Crippen LogP contribution >= 0.6 is 0 Å². The smallest absolute Gasteiger partial charge is 0.312 e. The van der Waals surface area contributed by atoms with Crippen LogP contribution in [0.3, 0.4) is 0 Å². The van der Waals surface area contributed by atoms with E-state index in [4.69, 9.17) is 18.6 Å². The second kappa shape index (κ2) is 7.81. The Labute approximate surface area is 189 Å². The van der Waals surface area contributed by atoms with E-state index in [2.05, 4.69) is 5.10 Å². The maximum atomic E-state index is 13.6. The van der Waals surface area contributed by atoms with Crippen LogP contribution in [0.15, 0.2) is 52.0 Å². The van der Waals surface area contributed by atoms with Crippen molar-refractivity contribution in [3.63, 3.8) is 0 Å². The Kier molecular flexibility index (Phi) is 4.92. The zero-order chi connectivity index (χ0) is 23.3. The molecule has 0 fully saturated rings. The molecule has 0 radical (unpaired) electrons. The van der Waals surface area contributed by atoms with Crippen molar-refractivity contribution in [3.8, 4) is 28.4 Å². The maximum absolute atomic E-state index is 13.6. The lowest BCUT2D eigenvalue weighted by atomic mass is 9.85. The summed E-state index contributed by atoms with van der Waals surface area (Å²) in [6, 6.07) is 8.74. The summed E-state index contributed by atoms with van der Waals surface area (Å²) in [4.78, 5) is 26.1. The summed E-state index contributed by atoms with van der Waals surface area (Å²) in [5, 5.41) is 4.63. The van der Waals surface area contributed by atoms with Gasteiger partial charge in [-0.2, -0.15) is 5.10 Å². The summed E-state index contributed by atoms with van der Waals surface area (Å²) in [6.45, 7) is 1.94. The quantitative estimate of drug-likeness (QED) is 0.346. The van der Waals surface area contributed by atoms with Gasteiger partial charge in [0.05, 0.1) is 32.4 Å². The van der Waals surface area contributed by atoms with Gasteiger partial charge < -0.3 is 18.6 Å². The Balaban J connectivity index is 1.78. The average molecular weight is 446 g/mol. The number of rotatable bonds is 4. The molecule has 0 amide bonds. The van der Waals surface area contributed by atoms with Gasteiger partial charge in [-0.3, -0.25) is 14.3 Å². The van der Waals surface area contributed by atoms with Gasteiger partial charge in [-0.25, -0.2) is 0 Å². The number of carbonyl (C=O) groups excluding carboxylic acids is 1. The number of ether oxygens (including phenoxy) is 3. The molecule has 33 heavy (non-hydrogen) atoms. The third-order valence-electron chi connectivity index (χ3n) is 6.22. The molecule has 0 N–H and O–H groups in total. The van der Waals surface area contributed by atoms with Crippen LogP contribution in [0.4, 0.5) is 0 Å². The second-order valence-corrected chi connectivity index (χ2v) is 7.94. The van der Waals surface area contributed by atoms with Crippen LogP contribution in [0.5, 0.6) is 17.2 Å². The Morgan fingerprint density at radius 3 is 2.52 bits per heavy atom. The van der Waals surface area contributed by atoms with Crippen LogP contribution in [0.25, 0.3) is 22.1 Å². The molecule has 1 atom stereocenters. The lowest BCUT2D eigenvalue weighted by molar-refractivity contribution is -0.135. The minimum absolute atomic E-state index is 0.116. The Bertz CT molecular complexity index is 1450. The molecule has 0 bridgehead atoms. The van der Waals surface area contributed by atoms with E-state index in [0.717, 1.165) is 11.3 Å². The molecule has 3 heterocycles. The largest absolute Gasteiger partial charge is 0.497 e. The van der Waals surface area contributed by atoms with Gasteiger partial charge in [0.1, 0.15) is 34.5 Å². The monoisotopic (exact) mass is 446 g/mol. The molecule has 4 aromatic rings. The maximum Gasteiger partial charge on any atom is 0.312 e. The highest BCUT2D eigenvalue weighted by Crippen LogP contribution is 2.46. The molecule has 168 valence electrons. The normalized spacial score (nSPS) is 15.3. The number of hydrogen-bond acceptors (Lipinski definition) is 7. The average Bonchev–Trinajstić information content (AvgIpc) is 3.16. The molecule has 0 unspecified atom stereocenters. The highest BCUT2D eigenvalue weighted by atomic mass is 16.5. The van der Waals surface area contributed by atoms with Crippen molar-refractivity contribution >= 4 is 16.9 Å². The molecule has 8 nitrogen and oxygen atoms in total. The van der Waals surface area contributed by atoms with Crippen molar-refractivity contribution in [2.75, 3.05) is 14.2 Å². The van der Waals surface area contributed by atoms with E-state index in [1.807, 2.05) is 14.0 Å². The van der Waals surface area contributed by atoms with Crippen LogP contribution in [-0.2, 0) is 11.8 Å². The summed E-state index contributed by atoms with van der Waals surface area (Å²) in [7, 11) is 4.89. The predicted octanol–water partition coefficient (Wildman–Crippen LogP) is 3.96. The van der Waals surface area contributed by atoms with Crippen LogP contribution in [0, 0.1) is 6.92 Å². The van der Waals surface area contributed by atoms with Gasteiger partial charge in [0.15, 0.2) is 0 Å². The standard InChI is InChI=1S/C25H22N2O6/c1-13-17(11-26-27(13)2)16-9-21(28)33-20-10-19(31-4)23-24(29)18(12-32-25(23)22(16)20)14-5-7-15(30-3)8-6-14/h5-8,10-12,16H,9H2,1-4H3/t16-/m1/s1. The van der Waals surface area contributed by atoms with E-state index in [-0.39, 0.29) is 29.5 Å². The van der Waals surface area contributed by atoms with E-state index < -0.39 is 0 Å². The SMILES string of the molecule is COc1ccc(-c2coc3c4c(cc(OC)c3c2=O)OC(=O)C[C@@H]4c2cnn(C)c2C)cc1. The molecule has 1 aliphatic heterocycles. The van der Waals surface area contributed by atoms with Crippen LogP contribution in [0.2, 0.25) is 0 Å².